The zero-order valence-electron chi connectivity index (χ0n) is 19.0. The van der Waals surface area contributed by atoms with Crippen LogP contribution >= 0.6 is 11.3 Å². The number of carbonyl (C=O) groups excluding carboxylic acids is 1. The smallest absolute Gasteiger partial charge is 0.318 e. The van der Waals surface area contributed by atoms with Crippen LogP contribution in [-0.4, -0.2) is 30.3 Å². The number of fused-ring (bicyclic) bond motifs is 2. The fourth-order valence-electron chi connectivity index (χ4n) is 4.15. The van der Waals surface area contributed by atoms with Crippen LogP contribution in [0.25, 0.3) is 27.0 Å². The zero-order valence-corrected chi connectivity index (χ0v) is 19.8. The van der Waals surface area contributed by atoms with Gasteiger partial charge in [0, 0.05) is 12.3 Å². The minimum absolute atomic E-state index is 0.0741. The summed E-state index contributed by atoms with van der Waals surface area (Å²) in [5, 5.41) is 14.8. The predicted octanol–water partition coefficient (Wildman–Crippen LogP) is 6.13. The van der Waals surface area contributed by atoms with Gasteiger partial charge in [-0.3, -0.25) is 9.48 Å². The van der Waals surface area contributed by atoms with Crippen LogP contribution in [0.1, 0.15) is 21.7 Å². The molecule has 0 radical (unpaired) electrons. The number of rotatable bonds is 5. The fraction of sp³-hybridized carbons (Fsp3) is 0.0769. The average molecular weight is 519 g/mol. The Morgan fingerprint density at radius 2 is 1.86 bits per heavy atom. The summed E-state index contributed by atoms with van der Waals surface area (Å²) in [5.74, 6) is -0.666. The van der Waals surface area contributed by atoms with Crippen molar-refractivity contribution in [1.29, 1.82) is 0 Å². The van der Waals surface area contributed by atoms with E-state index in [4.69, 9.17) is 0 Å². The molecule has 4 heterocycles. The van der Waals surface area contributed by atoms with Crippen LogP contribution in [-0.2, 0) is 12.7 Å². The van der Waals surface area contributed by atoms with E-state index < -0.39 is 17.8 Å². The number of thiophene rings is 1. The highest BCUT2D eigenvalue weighted by Gasteiger charge is 2.35. The number of hydrogen-bond donors (Lipinski definition) is 1. The summed E-state index contributed by atoms with van der Waals surface area (Å²) in [4.78, 5) is 17.7. The molecule has 0 saturated heterocycles. The second kappa shape index (κ2) is 8.86. The van der Waals surface area contributed by atoms with Gasteiger partial charge in [-0.25, -0.2) is 9.50 Å². The number of hydrogen-bond acceptors (Lipinski definition) is 5. The molecule has 0 bridgehead atoms. The van der Waals surface area contributed by atoms with Gasteiger partial charge in [-0.15, -0.1) is 11.3 Å². The van der Waals surface area contributed by atoms with Gasteiger partial charge in [0.1, 0.15) is 0 Å². The molecule has 0 spiro atoms. The van der Waals surface area contributed by atoms with Crippen LogP contribution in [0, 0.1) is 0 Å². The topological polar surface area (TPSA) is 77.1 Å². The summed E-state index contributed by atoms with van der Waals surface area (Å²) in [5.41, 5.74) is 0.342. The Morgan fingerprint density at radius 3 is 2.68 bits per heavy atom. The monoisotopic (exact) mass is 518 g/mol. The van der Waals surface area contributed by atoms with Crippen LogP contribution in [0.2, 0.25) is 0 Å². The van der Waals surface area contributed by atoms with E-state index in [1.54, 1.807) is 28.4 Å². The quantitative estimate of drug-likeness (QED) is 0.298. The lowest BCUT2D eigenvalue weighted by Gasteiger charge is -2.10. The summed E-state index contributed by atoms with van der Waals surface area (Å²) in [6, 6.07) is 19.6. The lowest BCUT2D eigenvalue weighted by atomic mass is 10.0. The first-order valence-electron chi connectivity index (χ1n) is 11.2. The molecule has 0 saturated carbocycles. The van der Waals surface area contributed by atoms with E-state index in [2.05, 4.69) is 20.5 Å². The molecule has 0 aliphatic carbocycles. The number of amides is 1. The number of nitrogens with zero attached hydrogens (tertiary/aromatic N) is 5. The number of alkyl halides is 3. The molecule has 184 valence electrons. The van der Waals surface area contributed by atoms with Gasteiger partial charge in [-0.1, -0.05) is 48.5 Å². The van der Waals surface area contributed by atoms with Crippen LogP contribution < -0.4 is 5.32 Å². The molecular weight excluding hydrogens is 501 g/mol. The summed E-state index contributed by atoms with van der Waals surface area (Å²) < 4.78 is 43.7. The van der Waals surface area contributed by atoms with Crippen molar-refractivity contribution in [2.24, 2.45) is 0 Å². The van der Waals surface area contributed by atoms with Crippen molar-refractivity contribution in [3.05, 3.63) is 101 Å². The maximum absolute atomic E-state index is 13.8. The summed E-state index contributed by atoms with van der Waals surface area (Å²) in [7, 11) is 0. The number of carbonyl (C=O) groups is 1. The van der Waals surface area contributed by atoms with Crippen molar-refractivity contribution in [2.45, 2.75) is 12.7 Å². The molecule has 6 rings (SSSR count). The molecule has 0 aliphatic heterocycles. The Morgan fingerprint density at radius 1 is 1.03 bits per heavy atom. The lowest BCUT2D eigenvalue weighted by molar-refractivity contribution is -0.142. The molecule has 0 fully saturated rings. The maximum Gasteiger partial charge on any atom is 0.433 e. The summed E-state index contributed by atoms with van der Waals surface area (Å²) >= 11 is 1.27. The fourth-order valence-corrected chi connectivity index (χ4v) is 4.84. The van der Waals surface area contributed by atoms with Crippen molar-refractivity contribution in [1.82, 2.24) is 24.4 Å². The van der Waals surface area contributed by atoms with Gasteiger partial charge in [-0.05, 0) is 33.8 Å². The number of halogens is 3. The van der Waals surface area contributed by atoms with Crippen molar-refractivity contribution in [2.75, 3.05) is 5.32 Å². The van der Waals surface area contributed by atoms with Gasteiger partial charge in [0.25, 0.3) is 5.91 Å². The van der Waals surface area contributed by atoms with Gasteiger partial charge < -0.3 is 5.32 Å². The van der Waals surface area contributed by atoms with Crippen LogP contribution in [0.4, 0.5) is 18.9 Å². The highest BCUT2D eigenvalue weighted by atomic mass is 32.1. The van der Waals surface area contributed by atoms with Crippen LogP contribution in [0.5, 0.6) is 0 Å². The summed E-state index contributed by atoms with van der Waals surface area (Å²) in [6.45, 7) is 0.482. The predicted molar refractivity (Wildman–Crippen MR) is 135 cm³/mol. The van der Waals surface area contributed by atoms with Crippen LogP contribution in [0.15, 0.2) is 84.5 Å². The molecule has 0 aliphatic rings. The second-order valence-electron chi connectivity index (χ2n) is 8.32. The second-order valence-corrected chi connectivity index (χ2v) is 9.27. The van der Waals surface area contributed by atoms with Crippen molar-refractivity contribution < 1.29 is 18.0 Å². The Kier molecular flexibility index (Phi) is 5.49. The molecular formula is C26H17F3N6OS. The molecule has 6 aromatic rings. The Hall–Kier alpha value is -4.51. The van der Waals surface area contributed by atoms with Crippen molar-refractivity contribution in [3.63, 3.8) is 0 Å². The van der Waals surface area contributed by atoms with Gasteiger partial charge in [-0.2, -0.15) is 23.4 Å². The molecule has 0 unspecified atom stereocenters. The average Bonchev–Trinajstić information content (AvgIpc) is 3.64. The lowest BCUT2D eigenvalue weighted by Crippen LogP contribution is -2.15. The molecule has 4 aromatic heterocycles. The van der Waals surface area contributed by atoms with Crippen molar-refractivity contribution >= 4 is 39.4 Å². The molecule has 2 aromatic carbocycles. The SMILES string of the molecule is O=C(Nc1cnn(Cc2cccc3ccccc23)c1)c1cc2nc(-c3cccs3)cc(C(F)(F)F)n2n1. The highest BCUT2D eigenvalue weighted by Crippen LogP contribution is 2.33. The van der Waals surface area contributed by atoms with Crippen LogP contribution in [0.3, 0.4) is 0 Å². The van der Waals surface area contributed by atoms with E-state index in [1.165, 1.54) is 23.6 Å². The standard InChI is InChI=1S/C26H17F3N6OS/c27-26(28,29)23-11-20(22-9-4-10-37-22)32-24-12-21(33-35(23)24)25(36)31-18-13-30-34(15-18)14-17-7-3-6-16-5-1-2-8-19(16)17/h1-13,15H,14H2,(H,31,36). The first kappa shape index (κ1) is 22.9. The number of anilines is 1. The largest absolute Gasteiger partial charge is 0.433 e. The third-order valence-corrected chi connectivity index (χ3v) is 6.72. The van der Waals surface area contributed by atoms with E-state index >= 15 is 0 Å². The van der Waals surface area contributed by atoms with Gasteiger partial charge in [0.05, 0.1) is 29.0 Å². The van der Waals surface area contributed by atoms with E-state index in [9.17, 15) is 18.0 Å². The third-order valence-electron chi connectivity index (χ3n) is 5.83. The van der Waals surface area contributed by atoms with E-state index in [-0.39, 0.29) is 17.0 Å². The van der Waals surface area contributed by atoms with E-state index in [1.807, 2.05) is 42.5 Å². The molecule has 37 heavy (non-hydrogen) atoms. The molecule has 1 N–H and O–H groups in total. The van der Waals surface area contributed by atoms with Gasteiger partial charge >= 0.3 is 6.18 Å². The third kappa shape index (κ3) is 4.45. The molecule has 1 amide bonds. The Balaban J connectivity index is 1.26. The molecule has 0 atom stereocenters. The Labute approximate surface area is 211 Å². The minimum atomic E-state index is -4.68. The zero-order chi connectivity index (χ0) is 25.6. The van der Waals surface area contributed by atoms with Gasteiger partial charge in [0.15, 0.2) is 17.0 Å². The van der Waals surface area contributed by atoms with Gasteiger partial charge in [0.2, 0.25) is 0 Å². The maximum atomic E-state index is 13.8. The van der Waals surface area contributed by atoms with E-state index in [0.717, 1.165) is 22.4 Å². The molecule has 11 heteroatoms. The summed E-state index contributed by atoms with van der Waals surface area (Å²) in [6.07, 6.45) is -1.55. The minimum Gasteiger partial charge on any atom is -0.318 e. The normalized spacial score (nSPS) is 11.9. The van der Waals surface area contributed by atoms with Crippen molar-refractivity contribution in [3.8, 4) is 10.6 Å². The Bertz CT molecular complexity index is 1750. The van der Waals surface area contributed by atoms with E-state index in [0.29, 0.717) is 21.6 Å². The first-order chi connectivity index (χ1) is 17.8. The number of aromatic nitrogens is 5. The molecule has 7 nitrogen and oxygen atoms in total. The number of benzene rings is 2. The highest BCUT2D eigenvalue weighted by molar-refractivity contribution is 7.13. The first-order valence-corrected chi connectivity index (χ1v) is 12.1. The number of nitrogens with one attached hydrogen (secondary N) is 1.